The Kier molecular flexibility index (Phi) is 11.8. The summed E-state index contributed by atoms with van der Waals surface area (Å²) in [6.45, 7) is 15.6. The standard InChI is InChI=1S/C46H76O17/c1-20-28(50)31(53)33(55)38(59-20)62-34-30(52)23(49)18-58-39(34)61-26-10-12-46-19-45(46)14-13-42(6)35(44(8)11-9-27(63-44)41(4,5)56)21(47)16-43(42,7)25(45)15-24(36(46)40(26,2)3)60-37-32(54)29(51)22(48)17-57-37/h20-39,47-56H,9-19H2,1-8H3/t20-,21-,22-,23+,24-,25-,26-,27+,28-,29+,30-,31+,32-,33+,34+,35-,36-,37+,38-,39-,42+,43-,44-,45-,46+/m0/s1. The maximum Gasteiger partial charge on any atom is 0.187 e. The lowest BCUT2D eigenvalue weighted by molar-refractivity contribution is -0.366. The van der Waals surface area contributed by atoms with Crippen LogP contribution in [0.5, 0.6) is 0 Å². The van der Waals surface area contributed by atoms with Gasteiger partial charge >= 0.3 is 0 Å². The van der Waals surface area contributed by atoms with E-state index in [0.717, 1.165) is 32.1 Å². The average Bonchev–Trinajstić information content (AvgIpc) is 3.57. The second kappa shape index (κ2) is 15.7. The minimum atomic E-state index is -1.67. The van der Waals surface area contributed by atoms with Gasteiger partial charge in [-0.25, -0.2) is 0 Å². The molecular weight excluding hydrogens is 824 g/mol. The Bertz CT molecular complexity index is 1700. The summed E-state index contributed by atoms with van der Waals surface area (Å²) in [5, 5.41) is 109. The van der Waals surface area contributed by atoms with Gasteiger partial charge in [0.25, 0.3) is 0 Å². The van der Waals surface area contributed by atoms with Crippen LogP contribution in [0.15, 0.2) is 0 Å². The molecule has 25 atom stereocenters. The Morgan fingerprint density at radius 2 is 1.25 bits per heavy atom. The molecule has 5 saturated carbocycles. The SMILES string of the molecule is C[C@@H]1O[C@@H](O[C@H]2[C@H](O[C@H]3CC[C@]45C[C@]46CC[C@]4(C)[C@@H]([C@]7(C)CC[C@H](C(C)(C)O)O7)[C@@H](O)C[C@@]4(C)[C@@H]6C[C@H](O[C@H]4OC[C@H](O)[C@@H](O)[C@@H]4O)[C@H]5C3(C)C)OC[C@@H](O)[C@@H]2O)[C@H](O)[C@H](O)[C@H]1O. The van der Waals surface area contributed by atoms with Crippen LogP contribution in [0, 0.1) is 44.8 Å². The summed E-state index contributed by atoms with van der Waals surface area (Å²) < 4.78 is 44.4. The first kappa shape index (κ1) is 47.4. The zero-order chi connectivity index (χ0) is 45.8. The average molecular weight is 901 g/mol. The van der Waals surface area contributed by atoms with Crippen molar-refractivity contribution in [1.82, 2.24) is 0 Å². The van der Waals surface area contributed by atoms with Crippen LogP contribution in [0.2, 0.25) is 0 Å². The van der Waals surface area contributed by atoms with Gasteiger partial charge in [0.1, 0.15) is 54.9 Å². The van der Waals surface area contributed by atoms with Crippen molar-refractivity contribution in [2.24, 2.45) is 44.8 Å². The Labute approximate surface area is 370 Å². The van der Waals surface area contributed by atoms with Gasteiger partial charge < -0.3 is 84.2 Å². The van der Waals surface area contributed by atoms with Crippen LogP contribution in [0.4, 0.5) is 0 Å². The lowest BCUT2D eigenvalue weighted by Gasteiger charge is -2.65. The molecule has 4 saturated heterocycles. The van der Waals surface area contributed by atoms with Crippen molar-refractivity contribution in [2.75, 3.05) is 13.2 Å². The fourth-order valence-corrected chi connectivity index (χ4v) is 16.0. The first-order valence-corrected chi connectivity index (χ1v) is 23.6. The van der Waals surface area contributed by atoms with Gasteiger partial charge in [0.2, 0.25) is 0 Å². The summed E-state index contributed by atoms with van der Waals surface area (Å²) in [5.74, 6) is -0.264. The molecule has 0 aromatic heterocycles. The van der Waals surface area contributed by atoms with E-state index in [9.17, 15) is 51.1 Å². The predicted octanol–water partition coefficient (Wildman–Crippen LogP) is 0.215. The van der Waals surface area contributed by atoms with Crippen LogP contribution in [0.3, 0.4) is 0 Å². The van der Waals surface area contributed by atoms with E-state index in [1.54, 1.807) is 13.8 Å². The first-order valence-electron chi connectivity index (χ1n) is 23.6. The fourth-order valence-electron chi connectivity index (χ4n) is 16.0. The van der Waals surface area contributed by atoms with Gasteiger partial charge in [-0.2, -0.15) is 0 Å². The Balaban J connectivity index is 1.03. The highest BCUT2D eigenvalue weighted by Crippen LogP contribution is 2.89. The van der Waals surface area contributed by atoms with Crippen LogP contribution in [-0.4, -0.2) is 180 Å². The van der Waals surface area contributed by atoms with Crippen molar-refractivity contribution in [2.45, 2.75) is 229 Å². The number of aliphatic hydroxyl groups excluding tert-OH is 9. The summed E-state index contributed by atoms with van der Waals surface area (Å²) in [6.07, 6.45) is -13.3. The molecule has 0 radical (unpaired) electrons. The van der Waals surface area contributed by atoms with E-state index in [4.69, 9.17) is 33.2 Å². The van der Waals surface area contributed by atoms with E-state index in [-0.39, 0.29) is 58.7 Å². The minimum absolute atomic E-state index is 0.0959. The highest BCUT2D eigenvalue weighted by molar-refractivity contribution is 5.33. The van der Waals surface area contributed by atoms with Gasteiger partial charge in [-0.3, -0.25) is 0 Å². The van der Waals surface area contributed by atoms with Crippen molar-refractivity contribution in [3.8, 4) is 0 Å². The van der Waals surface area contributed by atoms with E-state index in [1.807, 2.05) is 0 Å². The van der Waals surface area contributed by atoms with Gasteiger partial charge in [-0.1, -0.05) is 27.7 Å². The van der Waals surface area contributed by atoms with Crippen LogP contribution >= 0.6 is 0 Å². The molecule has 4 heterocycles. The molecule has 362 valence electrons. The largest absolute Gasteiger partial charge is 0.393 e. The van der Waals surface area contributed by atoms with Crippen molar-refractivity contribution in [1.29, 1.82) is 0 Å². The van der Waals surface area contributed by atoms with Crippen molar-refractivity contribution >= 4 is 0 Å². The summed E-state index contributed by atoms with van der Waals surface area (Å²) in [7, 11) is 0. The molecule has 0 unspecified atom stereocenters. The van der Waals surface area contributed by atoms with Gasteiger partial charge in [0.05, 0.1) is 54.9 Å². The summed E-state index contributed by atoms with van der Waals surface area (Å²) >= 11 is 0. The van der Waals surface area contributed by atoms with Gasteiger partial charge in [0, 0.05) is 5.92 Å². The third-order valence-electron chi connectivity index (χ3n) is 19.3. The van der Waals surface area contributed by atoms with E-state index < -0.39 is 115 Å². The molecule has 17 heteroatoms. The van der Waals surface area contributed by atoms with E-state index in [2.05, 4.69) is 34.6 Å². The van der Waals surface area contributed by atoms with Gasteiger partial charge in [0.15, 0.2) is 18.9 Å². The predicted molar refractivity (Wildman–Crippen MR) is 219 cm³/mol. The maximum atomic E-state index is 12.3. The number of hydrogen-bond donors (Lipinski definition) is 10. The fraction of sp³-hybridized carbons (Fsp3) is 1.00. The molecule has 0 aromatic carbocycles. The highest BCUT2D eigenvalue weighted by atomic mass is 16.8. The number of rotatable bonds is 8. The lowest BCUT2D eigenvalue weighted by atomic mass is 9.41. The first-order chi connectivity index (χ1) is 29.3. The molecular formula is C46H76O17. The van der Waals surface area contributed by atoms with Gasteiger partial charge in [-0.15, -0.1) is 0 Å². The van der Waals surface area contributed by atoms with Crippen molar-refractivity contribution in [3.05, 3.63) is 0 Å². The minimum Gasteiger partial charge on any atom is -0.393 e. The van der Waals surface area contributed by atoms with Crippen LogP contribution < -0.4 is 0 Å². The highest BCUT2D eigenvalue weighted by Gasteiger charge is 2.85. The normalized spacial score (nSPS) is 59.0. The monoisotopic (exact) mass is 901 g/mol. The molecule has 9 aliphatic rings. The molecule has 10 N–H and O–H groups in total. The molecule has 4 aliphatic heterocycles. The van der Waals surface area contributed by atoms with Crippen LogP contribution in [0.1, 0.15) is 113 Å². The van der Waals surface area contributed by atoms with E-state index in [0.29, 0.717) is 25.7 Å². The number of hydrogen-bond acceptors (Lipinski definition) is 17. The Morgan fingerprint density at radius 3 is 1.92 bits per heavy atom. The topological polar surface area (TPSA) is 267 Å². The maximum absolute atomic E-state index is 12.3. The zero-order valence-electron chi connectivity index (χ0n) is 38.2. The molecule has 17 nitrogen and oxygen atoms in total. The number of ether oxygens (including phenoxy) is 7. The molecule has 9 fully saturated rings. The quantitative estimate of drug-likeness (QED) is 0.146. The molecule has 0 aromatic rings. The Hall–Kier alpha value is -0.680. The van der Waals surface area contributed by atoms with Gasteiger partial charge in [-0.05, 0) is 124 Å². The summed E-state index contributed by atoms with van der Waals surface area (Å²) in [5.41, 5.74) is -3.35. The zero-order valence-corrected chi connectivity index (χ0v) is 38.2. The van der Waals surface area contributed by atoms with Crippen LogP contribution in [-0.2, 0) is 33.2 Å². The second-order valence-electron chi connectivity index (χ2n) is 23.4. The summed E-state index contributed by atoms with van der Waals surface area (Å²) in [4.78, 5) is 0. The lowest BCUT2D eigenvalue weighted by Crippen LogP contribution is -2.65. The number of fused-ring (bicyclic) bond motifs is 2. The third kappa shape index (κ3) is 6.94. The van der Waals surface area contributed by atoms with Crippen molar-refractivity contribution in [3.63, 3.8) is 0 Å². The molecule has 0 amide bonds. The van der Waals surface area contributed by atoms with Crippen molar-refractivity contribution < 1.29 is 84.2 Å². The Morgan fingerprint density at radius 1 is 0.603 bits per heavy atom. The van der Waals surface area contributed by atoms with E-state index >= 15 is 0 Å². The summed E-state index contributed by atoms with van der Waals surface area (Å²) in [6, 6.07) is 0. The molecule has 0 bridgehead atoms. The van der Waals surface area contributed by atoms with E-state index in [1.165, 1.54) is 6.92 Å². The second-order valence-corrected chi connectivity index (χ2v) is 23.4. The molecule has 9 rings (SSSR count). The molecule has 63 heavy (non-hydrogen) atoms. The van der Waals surface area contributed by atoms with Crippen LogP contribution in [0.25, 0.3) is 0 Å². The smallest absolute Gasteiger partial charge is 0.187 e. The third-order valence-corrected chi connectivity index (χ3v) is 19.3. The molecule has 5 aliphatic carbocycles. The molecule has 2 spiro atoms. The number of aliphatic hydroxyl groups is 10.